The third-order valence-corrected chi connectivity index (χ3v) is 5.55. The monoisotopic (exact) mass is 492 g/mol. The normalized spacial score (nSPS) is 14.5. The molecule has 0 unspecified atom stereocenters. The van der Waals surface area contributed by atoms with Gasteiger partial charge in [-0.25, -0.2) is 0 Å². The molecule has 2 amide bonds. The molecule has 1 heterocycles. The highest BCUT2D eigenvalue weighted by molar-refractivity contribution is 9.10. The summed E-state index contributed by atoms with van der Waals surface area (Å²) in [7, 11) is 0. The third-order valence-electron chi connectivity index (χ3n) is 5.02. The summed E-state index contributed by atoms with van der Waals surface area (Å²) in [5, 5.41) is 2.71. The number of amides is 2. The van der Waals surface area contributed by atoms with Crippen LogP contribution in [0.4, 0.5) is 13.2 Å². The van der Waals surface area contributed by atoms with Crippen LogP contribution in [0.25, 0.3) is 0 Å². The molecule has 1 aliphatic heterocycles. The number of hydrogen-bond donors (Lipinski definition) is 1. The predicted molar refractivity (Wildman–Crippen MR) is 114 cm³/mol. The van der Waals surface area contributed by atoms with Crippen molar-refractivity contribution in [2.45, 2.75) is 19.0 Å². The Labute approximate surface area is 186 Å². The van der Waals surface area contributed by atoms with Gasteiger partial charge >= 0.3 is 6.18 Å². The number of nitrogens with zero attached hydrogens (tertiary/aromatic N) is 1. The van der Waals surface area contributed by atoms with Gasteiger partial charge in [0.05, 0.1) is 12.1 Å². The van der Waals surface area contributed by atoms with Gasteiger partial charge in [-0.3, -0.25) is 9.59 Å². The van der Waals surface area contributed by atoms with Gasteiger partial charge in [0.1, 0.15) is 0 Å². The van der Waals surface area contributed by atoms with E-state index < -0.39 is 11.7 Å². The number of carbonyl (C=O) groups is 2. The molecule has 0 atom stereocenters. The fourth-order valence-corrected chi connectivity index (χ4v) is 3.58. The van der Waals surface area contributed by atoms with Crippen LogP contribution in [0.1, 0.15) is 34.3 Å². The molecule has 0 spiro atoms. The zero-order valence-corrected chi connectivity index (χ0v) is 18.1. The van der Waals surface area contributed by atoms with Gasteiger partial charge in [0.2, 0.25) is 5.91 Å². The van der Waals surface area contributed by atoms with Gasteiger partial charge in [0.15, 0.2) is 0 Å². The molecule has 1 saturated heterocycles. The minimum atomic E-state index is -4.42. The second kappa shape index (κ2) is 10.0. The fraction of sp³-hybridized carbons (Fsp3) is 0.304. The minimum Gasteiger partial charge on any atom is -0.345 e. The van der Waals surface area contributed by atoms with Crippen LogP contribution < -0.4 is 5.32 Å². The van der Waals surface area contributed by atoms with E-state index >= 15 is 0 Å². The summed E-state index contributed by atoms with van der Waals surface area (Å²) in [6.45, 7) is 1.03. The van der Waals surface area contributed by atoms with Gasteiger partial charge in [-0.2, -0.15) is 13.2 Å². The molecule has 1 fully saturated rings. The van der Waals surface area contributed by atoms with E-state index in [0.29, 0.717) is 31.5 Å². The molecule has 4 nitrogen and oxygen atoms in total. The number of rotatable bonds is 3. The topological polar surface area (TPSA) is 49.4 Å². The average molecular weight is 493 g/mol. The molecule has 0 saturated carbocycles. The van der Waals surface area contributed by atoms with Gasteiger partial charge in [-0.1, -0.05) is 33.8 Å². The second-order valence-corrected chi connectivity index (χ2v) is 8.09. The van der Waals surface area contributed by atoms with E-state index in [4.69, 9.17) is 0 Å². The lowest BCUT2D eigenvalue weighted by atomic mass is 9.95. The Bertz CT molecular complexity index is 1000. The van der Waals surface area contributed by atoms with E-state index in [0.717, 1.165) is 16.6 Å². The van der Waals surface area contributed by atoms with Crippen molar-refractivity contribution in [3.05, 3.63) is 69.7 Å². The van der Waals surface area contributed by atoms with Crippen molar-refractivity contribution < 1.29 is 22.8 Å². The molecule has 0 radical (unpaired) electrons. The van der Waals surface area contributed by atoms with Crippen molar-refractivity contribution in [2.75, 3.05) is 19.6 Å². The van der Waals surface area contributed by atoms with E-state index in [2.05, 4.69) is 33.1 Å². The summed E-state index contributed by atoms with van der Waals surface area (Å²) >= 11 is 3.34. The molecule has 162 valence electrons. The highest BCUT2D eigenvalue weighted by atomic mass is 79.9. The van der Waals surface area contributed by atoms with E-state index in [9.17, 15) is 22.8 Å². The number of likely N-dealkylation sites (tertiary alicyclic amines) is 1. The summed E-state index contributed by atoms with van der Waals surface area (Å²) in [4.78, 5) is 26.6. The molecular weight excluding hydrogens is 473 g/mol. The number of piperidine rings is 1. The van der Waals surface area contributed by atoms with E-state index in [1.54, 1.807) is 17.0 Å². The van der Waals surface area contributed by atoms with Crippen LogP contribution in [-0.4, -0.2) is 36.3 Å². The molecule has 2 aromatic carbocycles. The molecule has 1 aliphatic rings. The highest BCUT2D eigenvalue weighted by Gasteiger charge is 2.30. The van der Waals surface area contributed by atoms with Crippen molar-refractivity contribution in [3.63, 3.8) is 0 Å². The Hall–Kier alpha value is -2.79. The zero-order chi connectivity index (χ0) is 22.4. The Morgan fingerprint density at radius 1 is 1.10 bits per heavy atom. The largest absolute Gasteiger partial charge is 0.416 e. The molecule has 8 heteroatoms. The smallest absolute Gasteiger partial charge is 0.345 e. The second-order valence-electron chi connectivity index (χ2n) is 7.17. The van der Waals surface area contributed by atoms with E-state index in [1.165, 1.54) is 12.1 Å². The first-order valence-corrected chi connectivity index (χ1v) is 10.5. The molecular formula is C23H20BrF3N2O2. The third kappa shape index (κ3) is 6.34. The van der Waals surface area contributed by atoms with E-state index in [1.807, 2.05) is 12.1 Å². The van der Waals surface area contributed by atoms with Crippen molar-refractivity contribution in [3.8, 4) is 11.8 Å². The molecule has 31 heavy (non-hydrogen) atoms. The Balaban J connectivity index is 1.46. The number of alkyl halides is 3. The SMILES string of the molecule is O=C(NCC#Cc1cccc(C(F)(F)F)c1)C1CCN(C(=O)c2ccc(Br)cc2)CC1. The zero-order valence-electron chi connectivity index (χ0n) is 16.5. The standard InChI is InChI=1S/C23H20BrF3N2O2/c24-20-8-6-18(7-9-20)22(31)29-13-10-17(11-14-29)21(30)28-12-2-4-16-3-1-5-19(15-16)23(25,26)27/h1,3,5-9,15,17H,10-14H2,(H,28,30). The lowest BCUT2D eigenvalue weighted by molar-refractivity contribution is -0.137. The lowest BCUT2D eigenvalue weighted by Gasteiger charge is -2.31. The summed E-state index contributed by atoms with van der Waals surface area (Å²) in [5.41, 5.74) is 0.0904. The summed E-state index contributed by atoms with van der Waals surface area (Å²) in [6, 6.07) is 11.9. The van der Waals surface area contributed by atoms with Gasteiger partial charge in [-0.15, -0.1) is 0 Å². The maximum atomic E-state index is 12.7. The Morgan fingerprint density at radius 3 is 2.42 bits per heavy atom. The highest BCUT2D eigenvalue weighted by Crippen LogP contribution is 2.29. The van der Waals surface area contributed by atoms with Gasteiger partial charge in [0, 0.05) is 34.6 Å². The first kappa shape index (κ1) is 22.9. The molecule has 2 aromatic rings. The van der Waals surface area contributed by atoms with Crippen molar-refractivity contribution in [1.82, 2.24) is 10.2 Å². The maximum absolute atomic E-state index is 12.7. The maximum Gasteiger partial charge on any atom is 0.416 e. The van der Waals surface area contributed by atoms with Crippen LogP contribution >= 0.6 is 15.9 Å². The predicted octanol–water partition coefficient (Wildman–Crippen LogP) is 4.49. The Morgan fingerprint density at radius 2 is 1.77 bits per heavy atom. The molecule has 1 N–H and O–H groups in total. The summed E-state index contributed by atoms with van der Waals surface area (Å²) in [6.07, 6.45) is -3.32. The van der Waals surface area contributed by atoms with Crippen LogP contribution in [-0.2, 0) is 11.0 Å². The first-order chi connectivity index (χ1) is 14.7. The summed E-state index contributed by atoms with van der Waals surface area (Å²) < 4.78 is 39.1. The number of benzene rings is 2. The molecule has 0 aromatic heterocycles. The van der Waals surface area contributed by atoms with E-state index in [-0.39, 0.29) is 29.8 Å². The van der Waals surface area contributed by atoms with Crippen molar-refractivity contribution in [1.29, 1.82) is 0 Å². The van der Waals surface area contributed by atoms with Crippen LogP contribution in [0.5, 0.6) is 0 Å². The molecule has 0 bridgehead atoms. The first-order valence-electron chi connectivity index (χ1n) is 9.73. The fourth-order valence-electron chi connectivity index (χ4n) is 3.31. The van der Waals surface area contributed by atoms with Crippen LogP contribution in [0.15, 0.2) is 53.0 Å². The molecule has 3 rings (SSSR count). The average Bonchev–Trinajstić information content (AvgIpc) is 2.76. The number of carbonyl (C=O) groups excluding carboxylic acids is 2. The van der Waals surface area contributed by atoms with Crippen molar-refractivity contribution in [2.24, 2.45) is 5.92 Å². The number of nitrogens with one attached hydrogen (secondary N) is 1. The quantitative estimate of drug-likeness (QED) is 0.641. The number of halogens is 4. The lowest BCUT2D eigenvalue weighted by Crippen LogP contribution is -2.43. The van der Waals surface area contributed by atoms with Crippen LogP contribution in [0.3, 0.4) is 0 Å². The molecule has 0 aliphatic carbocycles. The Kier molecular flexibility index (Phi) is 7.39. The van der Waals surface area contributed by atoms with Crippen molar-refractivity contribution >= 4 is 27.7 Å². The van der Waals surface area contributed by atoms with Crippen LogP contribution in [0.2, 0.25) is 0 Å². The number of hydrogen-bond acceptors (Lipinski definition) is 2. The van der Waals surface area contributed by atoms with Gasteiger partial charge < -0.3 is 10.2 Å². The van der Waals surface area contributed by atoms with Gasteiger partial charge in [-0.05, 0) is 55.3 Å². The van der Waals surface area contributed by atoms with Gasteiger partial charge in [0.25, 0.3) is 5.91 Å². The summed E-state index contributed by atoms with van der Waals surface area (Å²) in [5.74, 6) is 4.89. The minimum absolute atomic E-state index is 0.0487. The van der Waals surface area contributed by atoms with Crippen LogP contribution in [0, 0.1) is 17.8 Å².